The molecule has 0 aliphatic carbocycles. The molecule has 0 aromatic heterocycles. The van der Waals surface area contributed by atoms with E-state index in [-0.39, 0.29) is 29.0 Å². The maximum Gasteiger partial charge on any atom is 0.524 e. The number of carbonyl (C=O) groups is 6. The fourth-order valence-corrected chi connectivity index (χ4v) is 4.89. The highest BCUT2D eigenvalue weighted by Gasteiger charge is 2.38. The minimum atomic E-state index is -5.08. The van der Waals surface area contributed by atoms with E-state index in [1.807, 2.05) is 5.32 Å². The summed E-state index contributed by atoms with van der Waals surface area (Å²) < 4.78 is 62.8. The monoisotopic (exact) mass is 879 g/mol. The number of hydrogen-bond donors (Lipinski definition) is 14. The number of nitrogens with one attached hydrogen (secondary N) is 4. The summed E-state index contributed by atoms with van der Waals surface area (Å²) in [6.07, 6.45) is -5.84. The summed E-state index contributed by atoms with van der Waals surface area (Å²) in [6, 6.07) is 1.46. The van der Waals surface area contributed by atoms with Crippen LogP contribution in [-0.2, 0) is 50.7 Å². The maximum atomic E-state index is 13.5. The SMILES string of the molecule is N[C@@H](CO)C(=O)N[C@@H](CO)C(=O)N[C@@H](CO)C(=O)N[C@@H](Cc1ccc(OP(=O)(O)O)cc1)C(=O)N[C@@H](Cc1ccc(OP(=O)(O)O)cc1)C(=O)O.O=C(O)C(F)(F)F. The Kier molecular flexibility index (Phi) is 19.8. The summed E-state index contributed by atoms with van der Waals surface area (Å²) >= 11 is 0. The van der Waals surface area contributed by atoms with Crippen LogP contribution in [0, 0.1) is 0 Å². The zero-order chi connectivity index (χ0) is 44.6. The number of rotatable bonds is 20. The summed E-state index contributed by atoms with van der Waals surface area (Å²) in [5, 5.41) is 54.0. The van der Waals surface area contributed by atoms with E-state index in [4.69, 9.17) is 40.3 Å². The van der Waals surface area contributed by atoms with E-state index in [1.165, 1.54) is 24.3 Å². The van der Waals surface area contributed by atoms with Crippen molar-refractivity contribution in [3.05, 3.63) is 59.7 Å². The molecule has 0 aliphatic heterocycles. The second-order valence-corrected chi connectivity index (χ2v) is 13.7. The third-order valence-corrected chi connectivity index (χ3v) is 7.73. The first-order valence-electron chi connectivity index (χ1n) is 15.7. The van der Waals surface area contributed by atoms with Crippen molar-refractivity contribution in [3.8, 4) is 11.5 Å². The predicted octanol–water partition coefficient (Wildman–Crippen LogP) is -3.62. The largest absolute Gasteiger partial charge is 0.524 e. The zero-order valence-corrected chi connectivity index (χ0v) is 31.0. The van der Waals surface area contributed by atoms with Crippen molar-refractivity contribution in [1.82, 2.24) is 21.3 Å². The molecular formula is C29H38F3N5O19P2. The van der Waals surface area contributed by atoms with Gasteiger partial charge in [-0.1, -0.05) is 24.3 Å². The van der Waals surface area contributed by atoms with Gasteiger partial charge in [0.15, 0.2) is 0 Å². The molecule has 0 unspecified atom stereocenters. The van der Waals surface area contributed by atoms with E-state index in [0.29, 0.717) is 0 Å². The summed E-state index contributed by atoms with van der Waals surface area (Å²) in [4.78, 5) is 108. The fourth-order valence-electron chi connectivity index (χ4n) is 4.09. The molecule has 324 valence electrons. The number of aliphatic hydroxyl groups excluding tert-OH is 3. The summed E-state index contributed by atoms with van der Waals surface area (Å²) in [5.41, 5.74) is 5.89. The molecule has 0 radical (unpaired) electrons. The van der Waals surface area contributed by atoms with Gasteiger partial charge in [0.25, 0.3) is 0 Å². The van der Waals surface area contributed by atoms with E-state index in [1.54, 1.807) is 0 Å². The van der Waals surface area contributed by atoms with Crippen molar-refractivity contribution < 1.29 is 105 Å². The fraction of sp³-hybridized carbons (Fsp3) is 0.379. The van der Waals surface area contributed by atoms with Crippen molar-refractivity contribution in [3.63, 3.8) is 0 Å². The predicted molar refractivity (Wildman–Crippen MR) is 184 cm³/mol. The minimum Gasteiger partial charge on any atom is -0.480 e. The third kappa shape index (κ3) is 19.3. The van der Waals surface area contributed by atoms with Crippen molar-refractivity contribution in [2.75, 3.05) is 19.8 Å². The van der Waals surface area contributed by atoms with Gasteiger partial charge in [-0.2, -0.15) is 13.2 Å². The number of carbonyl (C=O) groups excluding carboxylic acids is 4. The number of carboxylic acid groups (broad SMARTS) is 2. The van der Waals surface area contributed by atoms with Crippen LogP contribution in [0.5, 0.6) is 11.5 Å². The lowest BCUT2D eigenvalue weighted by molar-refractivity contribution is -0.192. The van der Waals surface area contributed by atoms with Gasteiger partial charge in [0, 0.05) is 12.8 Å². The van der Waals surface area contributed by atoms with Crippen LogP contribution in [0.15, 0.2) is 48.5 Å². The first-order valence-corrected chi connectivity index (χ1v) is 18.8. The van der Waals surface area contributed by atoms with Gasteiger partial charge in [-0.15, -0.1) is 0 Å². The Morgan fingerprint density at radius 3 is 1.21 bits per heavy atom. The highest BCUT2D eigenvalue weighted by molar-refractivity contribution is 7.47. The topological polar surface area (TPSA) is 411 Å². The Hall–Kier alpha value is -5.21. The van der Waals surface area contributed by atoms with E-state index in [2.05, 4.69) is 25.0 Å². The standard InChI is InChI=1S/C27H37N5O17P2.C2HF3O2/c28-18(11-33)23(36)31-21(12-34)26(39)32-22(13-35)25(38)29-19(9-14-1-5-16(6-2-14)48-50(42,43)44)24(37)30-20(27(40)41)10-15-3-7-17(8-4-15)49-51(45,46)47;3-2(4,5)1(6)7/h1-8,18-22,33-35H,9-13,28H2,(H,29,38)(H,30,37)(H,31,36)(H,32,39)(H,40,41)(H2,42,43,44)(H2,45,46,47);(H,6,7)/t18-,19-,20-,21-,22-;/m0./s1. The van der Waals surface area contributed by atoms with Crippen LogP contribution in [-0.4, -0.2) is 137 Å². The lowest BCUT2D eigenvalue weighted by Crippen LogP contribution is -2.60. The smallest absolute Gasteiger partial charge is 0.480 e. The molecule has 4 amide bonds. The Morgan fingerprint density at radius 2 is 0.897 bits per heavy atom. The first-order chi connectivity index (χ1) is 26.7. The molecule has 2 aromatic rings. The number of nitrogens with two attached hydrogens (primary N) is 1. The molecule has 15 N–H and O–H groups in total. The van der Waals surface area contributed by atoms with Gasteiger partial charge in [0.2, 0.25) is 23.6 Å². The normalized spacial score (nSPS) is 14.1. The number of phosphoric ester groups is 2. The van der Waals surface area contributed by atoms with Crippen LogP contribution < -0.4 is 36.0 Å². The van der Waals surface area contributed by atoms with Crippen molar-refractivity contribution in [2.24, 2.45) is 5.73 Å². The second-order valence-electron chi connectivity index (χ2n) is 11.4. The van der Waals surface area contributed by atoms with Crippen LogP contribution in [0.3, 0.4) is 0 Å². The molecule has 0 bridgehead atoms. The van der Waals surface area contributed by atoms with E-state index < -0.39 is 114 Å². The molecule has 5 atom stereocenters. The Labute approximate surface area is 323 Å². The van der Waals surface area contributed by atoms with Crippen molar-refractivity contribution in [2.45, 2.75) is 49.2 Å². The lowest BCUT2D eigenvalue weighted by atomic mass is 10.0. The van der Waals surface area contributed by atoms with Gasteiger partial charge in [-0.05, 0) is 35.4 Å². The molecule has 0 fully saturated rings. The number of carboxylic acids is 2. The molecule has 29 heteroatoms. The van der Waals surface area contributed by atoms with Crippen LogP contribution in [0.4, 0.5) is 13.2 Å². The first kappa shape index (κ1) is 50.8. The summed E-state index contributed by atoms with van der Waals surface area (Å²) in [7, 11) is -9.79. The molecule has 0 aliphatic rings. The van der Waals surface area contributed by atoms with Crippen LogP contribution in [0.25, 0.3) is 0 Å². The Morgan fingerprint density at radius 1 is 0.586 bits per heavy atom. The van der Waals surface area contributed by atoms with Crippen molar-refractivity contribution >= 4 is 51.2 Å². The van der Waals surface area contributed by atoms with E-state index in [0.717, 1.165) is 24.3 Å². The Bertz CT molecular complexity index is 1830. The number of aliphatic carboxylic acids is 2. The van der Waals surface area contributed by atoms with Gasteiger partial charge in [-0.3, -0.25) is 38.8 Å². The molecule has 2 aromatic carbocycles. The van der Waals surface area contributed by atoms with Gasteiger partial charge in [0.1, 0.15) is 41.7 Å². The number of alkyl halides is 3. The number of amides is 4. The van der Waals surface area contributed by atoms with Gasteiger partial charge < -0.3 is 61.6 Å². The number of hydrogen-bond acceptors (Lipinski definition) is 14. The molecule has 0 spiro atoms. The van der Waals surface area contributed by atoms with Crippen LogP contribution in [0.2, 0.25) is 0 Å². The summed E-state index contributed by atoms with van der Waals surface area (Å²) in [6.45, 7) is -2.85. The molecule has 0 heterocycles. The van der Waals surface area contributed by atoms with Gasteiger partial charge >= 0.3 is 33.8 Å². The zero-order valence-electron chi connectivity index (χ0n) is 29.3. The maximum absolute atomic E-state index is 13.5. The average Bonchev–Trinajstić information content (AvgIpc) is 3.11. The molecule has 0 saturated heterocycles. The molecule has 58 heavy (non-hydrogen) atoms. The molecular weight excluding hydrogens is 841 g/mol. The molecule has 24 nitrogen and oxygen atoms in total. The highest BCUT2D eigenvalue weighted by Crippen LogP contribution is 2.38. The summed E-state index contributed by atoms with van der Waals surface area (Å²) in [5.74, 6) is -9.24. The Balaban J connectivity index is 0.00000219. The van der Waals surface area contributed by atoms with Gasteiger partial charge in [-0.25, -0.2) is 18.7 Å². The quantitative estimate of drug-likeness (QED) is 0.0571. The number of aliphatic hydroxyl groups is 3. The molecule has 0 saturated carbocycles. The average molecular weight is 880 g/mol. The number of benzene rings is 2. The van der Waals surface area contributed by atoms with Crippen molar-refractivity contribution in [1.29, 1.82) is 0 Å². The number of phosphoric acid groups is 2. The minimum absolute atomic E-state index is 0.227. The van der Waals surface area contributed by atoms with E-state index >= 15 is 0 Å². The highest BCUT2D eigenvalue weighted by atomic mass is 31.2. The van der Waals surface area contributed by atoms with Crippen LogP contribution in [0.1, 0.15) is 11.1 Å². The second kappa shape index (κ2) is 22.7. The van der Waals surface area contributed by atoms with E-state index in [9.17, 15) is 61.6 Å². The third-order valence-electron chi connectivity index (χ3n) is 6.83. The van der Waals surface area contributed by atoms with Gasteiger partial charge in [0.05, 0.1) is 19.8 Å². The van der Waals surface area contributed by atoms with Crippen LogP contribution >= 0.6 is 15.6 Å². The molecule has 2 rings (SSSR count). The lowest BCUT2D eigenvalue weighted by Gasteiger charge is -2.25. The number of halogens is 3.